The van der Waals surface area contributed by atoms with E-state index in [-0.39, 0.29) is 71.0 Å². The minimum atomic E-state index is -0.986. The predicted octanol–water partition coefficient (Wildman–Crippen LogP) is -4.74. The summed E-state index contributed by atoms with van der Waals surface area (Å²) in [5, 5.41) is 1.53. The van der Waals surface area contributed by atoms with E-state index < -0.39 is 7.26 Å². The Kier molecular flexibility index (Phi) is 17.6. The van der Waals surface area contributed by atoms with Crippen LogP contribution in [0.15, 0.2) is 42.6 Å². The van der Waals surface area contributed by atoms with Gasteiger partial charge in [0.1, 0.15) is 0 Å². The van der Waals surface area contributed by atoms with Crippen molar-refractivity contribution in [1.29, 1.82) is 0 Å². The molecule has 133 valence electrons. The first-order valence-electron chi connectivity index (χ1n) is 7.05. The van der Waals surface area contributed by atoms with Crippen LogP contribution in [0.3, 0.4) is 0 Å². The molecule has 0 unspecified atom stereocenters. The third-order valence-corrected chi connectivity index (χ3v) is 9.10. The van der Waals surface area contributed by atoms with Crippen molar-refractivity contribution in [1.82, 2.24) is 4.98 Å². The second-order valence-electron chi connectivity index (χ2n) is 4.77. The van der Waals surface area contributed by atoms with Crippen LogP contribution in [0.5, 0.6) is 0 Å². The first-order chi connectivity index (χ1) is 9.25. The van der Waals surface area contributed by atoms with Crippen molar-refractivity contribution in [3.05, 3.63) is 48.7 Å². The van der Waals surface area contributed by atoms with Gasteiger partial charge >= 0.3 is 0 Å². The molecule has 0 amide bonds. The Hall–Kier alpha value is 0.889. The molecule has 0 saturated heterocycles. The molecule has 1 aromatic heterocycles. The third-order valence-electron chi connectivity index (χ3n) is 4.09. The second-order valence-corrected chi connectivity index (χ2v) is 9.47. The molecular weight excluding hydrogens is 681 g/mol. The average molecular weight is 703 g/mol. The van der Waals surface area contributed by atoms with E-state index in [1.807, 2.05) is 18.3 Å². The number of benzene rings is 1. The first-order valence-corrected chi connectivity index (χ1v) is 9.40. The van der Waals surface area contributed by atoms with Gasteiger partial charge in [0.15, 0.2) is 0 Å². The first kappa shape index (κ1) is 28.7. The zero-order valence-electron chi connectivity index (χ0n) is 13.5. The molecule has 2 rings (SSSR count). The summed E-state index contributed by atoms with van der Waals surface area (Å²) in [6, 6.07) is 16.0. The minimum absolute atomic E-state index is 0. The van der Waals surface area contributed by atoms with Gasteiger partial charge < -0.3 is 55.9 Å². The maximum absolute atomic E-state index is 4.43. The SMILES string of the molecule is CC[P+](CC)(CC)c1cc[c-]c(-c2ccccn2)c1.[Br-].[Br-].[Br-].[Ir]. The van der Waals surface area contributed by atoms with Crippen molar-refractivity contribution < 1.29 is 71.0 Å². The molecular formula is C17H22Br3IrNP-3. The van der Waals surface area contributed by atoms with E-state index in [4.69, 9.17) is 0 Å². The van der Waals surface area contributed by atoms with E-state index in [1.54, 1.807) is 0 Å². The van der Waals surface area contributed by atoms with Crippen LogP contribution < -0.4 is 56.2 Å². The van der Waals surface area contributed by atoms with E-state index in [2.05, 4.69) is 56.1 Å². The van der Waals surface area contributed by atoms with E-state index in [9.17, 15) is 0 Å². The molecule has 0 fully saturated rings. The maximum Gasteiger partial charge on any atom is 0.0597 e. The number of halogens is 3. The molecule has 0 atom stereocenters. The van der Waals surface area contributed by atoms with Crippen LogP contribution >= 0.6 is 7.26 Å². The monoisotopic (exact) mass is 701 g/mol. The van der Waals surface area contributed by atoms with Gasteiger partial charge in [-0.15, -0.1) is 29.8 Å². The van der Waals surface area contributed by atoms with E-state index in [0.29, 0.717) is 0 Å². The van der Waals surface area contributed by atoms with Crippen LogP contribution in [0, 0.1) is 6.07 Å². The molecule has 0 saturated carbocycles. The number of hydrogen-bond acceptors (Lipinski definition) is 1. The smallest absolute Gasteiger partial charge is 0.0597 e. The zero-order valence-corrected chi connectivity index (χ0v) is 21.6. The Labute approximate surface area is 186 Å². The predicted molar refractivity (Wildman–Crippen MR) is 86.7 cm³/mol. The second kappa shape index (κ2) is 14.1. The number of aromatic nitrogens is 1. The quantitative estimate of drug-likeness (QED) is 0.226. The molecule has 0 aliphatic carbocycles. The van der Waals surface area contributed by atoms with Crippen molar-refractivity contribution >= 4 is 12.6 Å². The van der Waals surface area contributed by atoms with Gasteiger partial charge in [-0.3, -0.25) is 0 Å². The molecule has 1 heterocycles. The zero-order chi connectivity index (χ0) is 13.7. The number of pyridine rings is 1. The van der Waals surface area contributed by atoms with E-state index in [1.165, 1.54) is 23.8 Å². The Morgan fingerprint density at radius 2 is 1.57 bits per heavy atom. The van der Waals surface area contributed by atoms with Crippen LogP contribution in [0.2, 0.25) is 0 Å². The normalized spacial score (nSPS) is 9.52. The molecule has 0 N–H and O–H groups in total. The Bertz CT molecular complexity index is 528. The summed E-state index contributed by atoms with van der Waals surface area (Å²) in [7, 11) is -0.986. The van der Waals surface area contributed by atoms with Crippen LogP contribution in [-0.4, -0.2) is 23.5 Å². The molecule has 6 heteroatoms. The maximum atomic E-state index is 4.43. The molecule has 1 radical (unpaired) electrons. The van der Waals surface area contributed by atoms with Crippen molar-refractivity contribution in [2.75, 3.05) is 18.5 Å². The van der Waals surface area contributed by atoms with Gasteiger partial charge in [0.2, 0.25) is 0 Å². The van der Waals surface area contributed by atoms with Gasteiger partial charge in [-0.25, -0.2) is 0 Å². The van der Waals surface area contributed by atoms with Crippen LogP contribution in [0.1, 0.15) is 20.8 Å². The van der Waals surface area contributed by atoms with E-state index in [0.717, 1.165) is 11.3 Å². The Morgan fingerprint density at radius 3 is 2.04 bits per heavy atom. The van der Waals surface area contributed by atoms with E-state index >= 15 is 0 Å². The molecule has 1 aromatic carbocycles. The fraction of sp³-hybridized carbons (Fsp3) is 0.353. The van der Waals surface area contributed by atoms with Crippen molar-refractivity contribution in [2.45, 2.75) is 20.8 Å². The van der Waals surface area contributed by atoms with Crippen LogP contribution in [-0.2, 0) is 20.1 Å². The summed E-state index contributed by atoms with van der Waals surface area (Å²) in [5.41, 5.74) is 2.14. The van der Waals surface area contributed by atoms with Gasteiger partial charge in [0.05, 0.1) is 18.5 Å². The third kappa shape index (κ3) is 6.96. The summed E-state index contributed by atoms with van der Waals surface area (Å²) >= 11 is 0. The average Bonchev–Trinajstić information content (AvgIpc) is 2.51. The number of hydrogen-bond donors (Lipinski definition) is 0. The van der Waals surface area contributed by atoms with Crippen molar-refractivity contribution in [2.24, 2.45) is 0 Å². The fourth-order valence-electron chi connectivity index (χ4n) is 2.64. The topological polar surface area (TPSA) is 12.9 Å². The van der Waals surface area contributed by atoms with Gasteiger partial charge in [0, 0.05) is 38.9 Å². The molecule has 23 heavy (non-hydrogen) atoms. The molecule has 2 aromatic rings. The number of rotatable bonds is 5. The largest absolute Gasteiger partial charge is 1.00 e. The fourth-order valence-corrected chi connectivity index (χ4v) is 5.87. The van der Waals surface area contributed by atoms with Crippen LogP contribution in [0.25, 0.3) is 11.3 Å². The standard InChI is InChI=1S/C17H22NP.3BrH.Ir/c1-4-19(5-2,6-3)16-11-9-10-15(14-16)17-12-7-8-13-18-17;;;;/h7-9,11-14H,4-6H2,1-3H3;3*1H;/p-3. The summed E-state index contributed by atoms with van der Waals surface area (Å²) < 4.78 is 0. The molecule has 0 spiro atoms. The van der Waals surface area contributed by atoms with Gasteiger partial charge in [-0.05, 0) is 32.5 Å². The van der Waals surface area contributed by atoms with Crippen molar-refractivity contribution in [3.63, 3.8) is 0 Å². The van der Waals surface area contributed by atoms with Crippen molar-refractivity contribution in [3.8, 4) is 11.3 Å². The van der Waals surface area contributed by atoms with Gasteiger partial charge in [0.25, 0.3) is 0 Å². The van der Waals surface area contributed by atoms with Gasteiger partial charge in [-0.1, -0.05) is 12.1 Å². The Balaban J connectivity index is -0.000001000. The molecule has 0 bridgehead atoms. The Morgan fingerprint density at radius 1 is 0.957 bits per heavy atom. The number of nitrogens with zero attached hydrogens (tertiary/aromatic N) is 1. The van der Waals surface area contributed by atoms with Gasteiger partial charge in [-0.2, -0.15) is 0 Å². The molecule has 0 aliphatic rings. The molecule has 1 nitrogen and oxygen atoms in total. The summed E-state index contributed by atoms with van der Waals surface area (Å²) in [5.74, 6) is 0. The van der Waals surface area contributed by atoms with Crippen LogP contribution in [0.4, 0.5) is 0 Å². The summed E-state index contributed by atoms with van der Waals surface area (Å²) in [6.07, 6.45) is 5.70. The minimum Gasteiger partial charge on any atom is -1.00 e. The summed E-state index contributed by atoms with van der Waals surface area (Å²) in [6.45, 7) is 6.99. The summed E-state index contributed by atoms with van der Waals surface area (Å²) in [4.78, 5) is 4.43. The molecule has 0 aliphatic heterocycles.